The minimum Gasteiger partial charge on any atom is -0.476 e. The van der Waals surface area contributed by atoms with Crippen molar-refractivity contribution < 1.29 is 9.84 Å². The molecule has 34 heavy (non-hydrogen) atoms. The van der Waals surface area contributed by atoms with Gasteiger partial charge < -0.3 is 14.9 Å². The summed E-state index contributed by atoms with van der Waals surface area (Å²) in [5, 5.41) is 27.0. The van der Waals surface area contributed by atoms with E-state index in [0.29, 0.717) is 19.0 Å². The number of H-pyrrole nitrogens is 1. The quantitative estimate of drug-likeness (QED) is 0.509. The van der Waals surface area contributed by atoms with Crippen LogP contribution in [0.1, 0.15) is 45.7 Å². The summed E-state index contributed by atoms with van der Waals surface area (Å²) < 4.78 is 7.97. The molecule has 4 heterocycles. The molecular weight excluding hydrogens is 430 g/mol. The van der Waals surface area contributed by atoms with Gasteiger partial charge in [-0.2, -0.15) is 10.2 Å². The highest BCUT2D eigenvalue weighted by Crippen LogP contribution is 2.40. The second-order valence-corrected chi connectivity index (χ2v) is 10.0. The van der Waals surface area contributed by atoms with Gasteiger partial charge in [0.15, 0.2) is 0 Å². The molecule has 0 amide bonds. The lowest BCUT2D eigenvalue weighted by molar-refractivity contribution is 0.0167. The fourth-order valence-electron chi connectivity index (χ4n) is 5.25. The third kappa shape index (κ3) is 3.68. The largest absolute Gasteiger partial charge is 0.476 e. The minimum atomic E-state index is -0.751. The highest BCUT2D eigenvalue weighted by Gasteiger charge is 2.41. The lowest BCUT2D eigenvalue weighted by Crippen LogP contribution is -2.46. The summed E-state index contributed by atoms with van der Waals surface area (Å²) in [7, 11) is 3.82. The van der Waals surface area contributed by atoms with Gasteiger partial charge in [-0.15, -0.1) is 0 Å². The summed E-state index contributed by atoms with van der Waals surface area (Å²) in [6.07, 6.45) is 1.89. The molecule has 3 N–H and O–H groups in total. The van der Waals surface area contributed by atoms with Crippen LogP contribution in [0, 0.1) is 0 Å². The molecule has 2 unspecified atom stereocenters. The van der Waals surface area contributed by atoms with E-state index in [2.05, 4.69) is 65.6 Å². The van der Waals surface area contributed by atoms with Crippen molar-refractivity contribution in [2.75, 3.05) is 26.7 Å². The zero-order valence-corrected chi connectivity index (χ0v) is 20.9. The Kier molecular flexibility index (Phi) is 5.66. The summed E-state index contributed by atoms with van der Waals surface area (Å²) in [6.45, 7) is 10.4. The maximum atomic E-state index is 11.5. The Hall–Kier alpha value is -2.88. The predicted octanol–water partition coefficient (Wildman–Crippen LogP) is 2.97. The van der Waals surface area contributed by atoms with Crippen molar-refractivity contribution in [2.24, 2.45) is 7.05 Å². The molecule has 0 spiro atoms. The molecule has 1 aromatic carbocycles. The lowest BCUT2D eigenvalue weighted by atomic mass is 9.85. The first kappa shape index (κ1) is 22.9. The van der Waals surface area contributed by atoms with Gasteiger partial charge in [0.05, 0.1) is 28.5 Å². The third-order valence-electron chi connectivity index (χ3n) is 7.21. The zero-order valence-electron chi connectivity index (χ0n) is 20.9. The number of aryl methyl sites for hydroxylation is 1. The molecule has 9 heteroatoms. The number of ether oxygens (including phenoxy) is 1. The van der Waals surface area contributed by atoms with Crippen LogP contribution in [-0.4, -0.2) is 73.5 Å². The lowest BCUT2D eigenvalue weighted by Gasteiger charge is -2.31. The SMILES string of the molecule is CCN1NC(C)(C)C2=C1C(O)N(C)CCOc1c(cnn1C)-c1ccc3n[nH]c(c3c1)C(C)C2. The second kappa shape index (κ2) is 8.41. The Bertz CT molecular complexity index is 1240. The number of aromatic nitrogens is 4. The molecule has 182 valence electrons. The highest BCUT2D eigenvalue weighted by atomic mass is 16.5. The molecule has 2 aromatic heterocycles. The molecule has 2 atom stereocenters. The molecule has 9 nitrogen and oxygen atoms in total. The molecule has 2 bridgehead atoms. The summed E-state index contributed by atoms with van der Waals surface area (Å²) in [5.41, 5.74) is 9.51. The average molecular weight is 466 g/mol. The molecule has 0 aliphatic carbocycles. The minimum absolute atomic E-state index is 0.176. The molecule has 2 aliphatic rings. The van der Waals surface area contributed by atoms with E-state index >= 15 is 0 Å². The number of nitrogens with zero attached hydrogens (tertiary/aromatic N) is 5. The van der Waals surface area contributed by atoms with Gasteiger partial charge in [0.1, 0.15) is 12.8 Å². The molecule has 3 aromatic rings. The van der Waals surface area contributed by atoms with E-state index in [4.69, 9.17) is 4.74 Å². The summed E-state index contributed by atoms with van der Waals surface area (Å²) in [4.78, 5) is 1.94. The second-order valence-electron chi connectivity index (χ2n) is 10.0. The van der Waals surface area contributed by atoms with Crippen molar-refractivity contribution in [3.05, 3.63) is 41.4 Å². The number of hydrogen-bond acceptors (Lipinski definition) is 7. The number of likely N-dealkylation sites (N-methyl/N-ethyl adjacent to an activating group) is 2. The van der Waals surface area contributed by atoms with Gasteiger partial charge in [-0.25, -0.2) is 10.1 Å². The van der Waals surface area contributed by atoms with Gasteiger partial charge in [-0.3, -0.25) is 10.00 Å². The van der Waals surface area contributed by atoms with Gasteiger partial charge in [0.25, 0.3) is 0 Å². The molecular formula is C25H35N7O2. The number of aromatic amines is 1. The van der Waals surface area contributed by atoms with Gasteiger partial charge in [-0.1, -0.05) is 13.0 Å². The summed E-state index contributed by atoms with van der Waals surface area (Å²) >= 11 is 0. The van der Waals surface area contributed by atoms with Crippen LogP contribution >= 0.6 is 0 Å². The van der Waals surface area contributed by atoms with E-state index in [0.717, 1.165) is 46.4 Å². The first-order valence-electron chi connectivity index (χ1n) is 12.0. The topological polar surface area (TPSA) is 94.5 Å². The van der Waals surface area contributed by atoms with Gasteiger partial charge in [-0.05, 0) is 57.5 Å². The Labute approximate surface area is 200 Å². The van der Waals surface area contributed by atoms with Crippen molar-refractivity contribution in [3.8, 4) is 17.0 Å². The van der Waals surface area contributed by atoms with E-state index in [-0.39, 0.29) is 11.5 Å². The fraction of sp³-hybridized carbons (Fsp3) is 0.520. The van der Waals surface area contributed by atoms with Crippen molar-refractivity contribution in [3.63, 3.8) is 0 Å². The van der Waals surface area contributed by atoms with Crippen LogP contribution in [0.2, 0.25) is 0 Å². The number of nitrogens with one attached hydrogen (secondary N) is 2. The van der Waals surface area contributed by atoms with E-state index in [9.17, 15) is 5.11 Å². The standard InChI is InChI=1S/C25H35N7O2/c1-7-32-22-19(25(3,4)29-32)12-15(2)21-17-13-16(8-9-20(17)27-28-21)18-14-26-31(6)24(18)34-11-10-30(5)23(22)33/h8-9,13-15,23,29,33H,7,10-12H2,1-6H3,(H,27,28). The van der Waals surface area contributed by atoms with Gasteiger partial charge >= 0.3 is 0 Å². The van der Waals surface area contributed by atoms with Crippen LogP contribution in [-0.2, 0) is 7.05 Å². The molecule has 0 saturated carbocycles. The molecule has 5 rings (SSSR count). The van der Waals surface area contributed by atoms with Crippen molar-refractivity contribution in [2.45, 2.75) is 51.8 Å². The number of fused-ring (bicyclic) bond motifs is 3. The predicted molar refractivity (Wildman–Crippen MR) is 132 cm³/mol. The van der Waals surface area contributed by atoms with Crippen molar-refractivity contribution >= 4 is 10.9 Å². The third-order valence-corrected chi connectivity index (χ3v) is 7.21. The molecule has 0 saturated heterocycles. The van der Waals surface area contributed by atoms with E-state index < -0.39 is 6.23 Å². The fourth-order valence-corrected chi connectivity index (χ4v) is 5.25. The normalized spacial score (nSPS) is 23.6. The van der Waals surface area contributed by atoms with Crippen LogP contribution in [0.25, 0.3) is 22.0 Å². The van der Waals surface area contributed by atoms with Crippen LogP contribution in [0.5, 0.6) is 5.88 Å². The zero-order chi connectivity index (χ0) is 24.2. The number of benzene rings is 1. The first-order valence-corrected chi connectivity index (χ1v) is 12.0. The summed E-state index contributed by atoms with van der Waals surface area (Å²) in [6, 6.07) is 6.30. The number of hydrazine groups is 1. The van der Waals surface area contributed by atoms with E-state index in [1.807, 2.05) is 31.3 Å². The van der Waals surface area contributed by atoms with Crippen LogP contribution in [0.3, 0.4) is 0 Å². The monoisotopic (exact) mass is 465 g/mol. The van der Waals surface area contributed by atoms with Crippen LogP contribution in [0.15, 0.2) is 35.7 Å². The molecule has 0 radical (unpaired) electrons. The number of aliphatic hydroxyl groups is 1. The van der Waals surface area contributed by atoms with E-state index in [1.54, 1.807) is 4.68 Å². The number of rotatable bonds is 1. The Balaban J connectivity index is 1.66. The van der Waals surface area contributed by atoms with Gasteiger partial charge in [0, 0.05) is 37.1 Å². The highest BCUT2D eigenvalue weighted by molar-refractivity contribution is 5.87. The summed E-state index contributed by atoms with van der Waals surface area (Å²) in [5.74, 6) is 0.893. The smallest absolute Gasteiger partial charge is 0.219 e. The van der Waals surface area contributed by atoms with E-state index in [1.165, 1.54) is 5.57 Å². The number of aliphatic hydroxyl groups excluding tert-OH is 1. The number of hydrogen-bond donors (Lipinski definition) is 3. The first-order chi connectivity index (χ1) is 16.2. The Morgan fingerprint density at radius 1 is 1.26 bits per heavy atom. The van der Waals surface area contributed by atoms with Crippen molar-refractivity contribution in [1.29, 1.82) is 0 Å². The average Bonchev–Trinajstić information content (AvgIpc) is 3.46. The maximum Gasteiger partial charge on any atom is 0.219 e. The Morgan fingerprint density at radius 2 is 2.06 bits per heavy atom. The van der Waals surface area contributed by atoms with Gasteiger partial charge in [0.2, 0.25) is 5.88 Å². The van der Waals surface area contributed by atoms with Crippen LogP contribution < -0.4 is 10.2 Å². The molecule has 0 fully saturated rings. The van der Waals surface area contributed by atoms with Crippen molar-refractivity contribution in [1.82, 2.24) is 35.3 Å². The van der Waals surface area contributed by atoms with Crippen LogP contribution in [0.4, 0.5) is 0 Å². The molecule has 2 aliphatic heterocycles. The maximum absolute atomic E-state index is 11.5. The Morgan fingerprint density at radius 3 is 2.82 bits per heavy atom.